The molecule has 0 atom stereocenters. The molecule has 0 fully saturated rings. The van der Waals surface area contributed by atoms with Gasteiger partial charge in [-0.05, 0) is 227 Å². The number of nitrogens with zero attached hydrogens (tertiary/aromatic N) is 6. The van der Waals surface area contributed by atoms with E-state index in [9.17, 15) is 9.59 Å². The van der Waals surface area contributed by atoms with Gasteiger partial charge in [0.2, 0.25) is 0 Å². The Morgan fingerprint density at radius 1 is 0.346 bits per heavy atom. The maximum atomic E-state index is 15.7. The number of imide groups is 2. The number of benzene rings is 6. The molecule has 0 N–H and O–H groups in total. The van der Waals surface area contributed by atoms with Crippen molar-refractivity contribution in [2.75, 3.05) is 9.80 Å². The predicted molar refractivity (Wildman–Crippen MR) is 323 cm³/mol. The third-order valence-corrected chi connectivity index (χ3v) is 17.0. The Morgan fingerprint density at radius 2 is 0.728 bits per heavy atom. The Morgan fingerprint density at radius 3 is 1.20 bits per heavy atom. The molecule has 10 nitrogen and oxygen atoms in total. The molecule has 4 aliphatic rings. The van der Waals surface area contributed by atoms with Gasteiger partial charge in [0.25, 0.3) is 23.6 Å². The zero-order valence-corrected chi connectivity index (χ0v) is 50.5. The van der Waals surface area contributed by atoms with E-state index in [-0.39, 0.29) is 58.2 Å². The minimum absolute atomic E-state index is 0. The van der Waals surface area contributed by atoms with Crippen LogP contribution < -0.4 is 19.8 Å². The summed E-state index contributed by atoms with van der Waals surface area (Å²) in [6.07, 6.45) is 7.91. The summed E-state index contributed by atoms with van der Waals surface area (Å²) in [5.41, 5.74) is 24.3. The van der Waals surface area contributed by atoms with Gasteiger partial charge in [0.05, 0.1) is 34.2 Å². The molecular weight excluding hydrogens is 1050 g/mol. The standard InChI is InChI=1S/C70H56N6O4.Zn/c1-33-13-14-36(4)58(30-33)75-67(77)46-15-17-48-63-49(18-16-47(62(46)63)68(75)78)70(80)76(69(48)79)66-56-25-23-54(73-56)64(59-41(9)37(5)31-38(6)42(59)10)52-21-19-50(71-52)61(45-28-34(2)27-35(3)29-45)51-20-22-53(72-51)65(55-24-26-57(66)74-55)60-43(11)39(7)32-40(8)44(60)12;/h13-32H,1-12H3;/q-2;+2. The average Bonchev–Trinajstić information content (AvgIpc) is 4.31. The van der Waals surface area contributed by atoms with Crippen LogP contribution in [0.5, 0.6) is 0 Å². The van der Waals surface area contributed by atoms with Crippen molar-refractivity contribution in [3.05, 3.63) is 209 Å². The summed E-state index contributed by atoms with van der Waals surface area (Å²) in [6, 6.07) is 30.9. The number of hydrogen-bond acceptors (Lipinski definition) is 6. The Kier molecular flexibility index (Phi) is 12.5. The van der Waals surface area contributed by atoms with Crippen LogP contribution in [-0.2, 0) is 19.5 Å². The minimum Gasteiger partial charge on any atom is -0.657 e. The molecule has 11 heteroatoms. The van der Waals surface area contributed by atoms with Crippen molar-refractivity contribution in [2.45, 2.75) is 83.1 Å². The largest absolute Gasteiger partial charge is 2.00 e. The third kappa shape index (κ3) is 7.99. The van der Waals surface area contributed by atoms with E-state index in [1.807, 2.05) is 56.3 Å². The van der Waals surface area contributed by atoms with Crippen molar-refractivity contribution in [1.29, 1.82) is 0 Å². The van der Waals surface area contributed by atoms with Crippen molar-refractivity contribution in [1.82, 2.24) is 19.9 Å². The van der Waals surface area contributed by atoms with E-state index in [0.29, 0.717) is 39.3 Å². The topological polar surface area (TPSA) is 129 Å². The van der Waals surface area contributed by atoms with Crippen LogP contribution in [0, 0.1) is 83.1 Å². The number of hydrogen-bond donors (Lipinski definition) is 0. The van der Waals surface area contributed by atoms with Gasteiger partial charge in [-0.2, -0.15) is 0 Å². The molecule has 392 valence electrons. The first-order valence-corrected chi connectivity index (χ1v) is 27.0. The summed E-state index contributed by atoms with van der Waals surface area (Å²) in [5, 5.41) is 0.539. The predicted octanol–water partition coefficient (Wildman–Crippen LogP) is 15.4. The summed E-state index contributed by atoms with van der Waals surface area (Å²) >= 11 is 0. The molecule has 0 spiro atoms. The normalized spacial score (nSPS) is 13.5. The average molecular weight is 1110 g/mol. The summed E-state index contributed by atoms with van der Waals surface area (Å²) in [4.78, 5) is 85.1. The van der Waals surface area contributed by atoms with E-state index < -0.39 is 23.6 Å². The second-order valence-corrected chi connectivity index (χ2v) is 22.2. The summed E-state index contributed by atoms with van der Waals surface area (Å²) in [5.74, 6) is -2.35. The molecule has 9 aromatic rings. The molecule has 7 heterocycles. The van der Waals surface area contributed by atoms with Crippen molar-refractivity contribution in [3.63, 3.8) is 0 Å². The van der Waals surface area contributed by atoms with E-state index in [4.69, 9.17) is 19.9 Å². The number of aryl methyl sites for hydroxylation is 8. The smallest absolute Gasteiger partial charge is 0.657 e. The molecule has 0 saturated heterocycles. The zero-order valence-electron chi connectivity index (χ0n) is 47.6. The van der Waals surface area contributed by atoms with Crippen LogP contribution in [0.25, 0.3) is 90.5 Å². The second-order valence-electron chi connectivity index (χ2n) is 22.2. The van der Waals surface area contributed by atoms with E-state index in [1.54, 1.807) is 24.3 Å². The minimum atomic E-state index is -0.642. The number of rotatable bonds is 5. The van der Waals surface area contributed by atoms with Crippen LogP contribution in [0.1, 0.15) is 131 Å². The fraction of sp³-hybridized carbons (Fsp3) is 0.171. The van der Waals surface area contributed by atoms with Crippen LogP contribution in [0.3, 0.4) is 0 Å². The van der Waals surface area contributed by atoms with Gasteiger partial charge < -0.3 is 9.97 Å². The maximum absolute atomic E-state index is 15.7. The van der Waals surface area contributed by atoms with Crippen LogP contribution in [-0.4, -0.2) is 33.6 Å². The van der Waals surface area contributed by atoms with Crippen molar-refractivity contribution in [3.8, 4) is 33.4 Å². The molecule has 81 heavy (non-hydrogen) atoms. The van der Waals surface area contributed by atoms with Gasteiger partial charge in [-0.25, -0.2) is 19.8 Å². The summed E-state index contributed by atoms with van der Waals surface area (Å²) in [7, 11) is 0. The van der Waals surface area contributed by atoms with Crippen molar-refractivity contribution >= 4 is 92.1 Å². The Labute approximate surface area is 483 Å². The quantitative estimate of drug-likeness (QED) is 0.123. The Hall–Kier alpha value is -8.92. The van der Waals surface area contributed by atoms with E-state index in [0.717, 1.165) is 111 Å². The number of amides is 4. The SMILES string of the molecule is Cc1cc(C)cc(-c2c3nc(c(-c4c(C)c(C)cc(C)c4C)c4ccc([n-]4)c(N4C(=O)c5ccc6c7c(ccc(c57)C4=O)C(=O)N(c4cc(C)ccc4C)C6=O)c4nc(c(-c5c(C)c(C)cc(C)c5C)c5ccc2[n-]5)C=C4)C=C3)c1.[Zn+2]. The molecule has 0 aliphatic carbocycles. The van der Waals surface area contributed by atoms with Gasteiger partial charge in [0.1, 0.15) is 0 Å². The van der Waals surface area contributed by atoms with Gasteiger partial charge in [0.15, 0.2) is 0 Å². The van der Waals surface area contributed by atoms with E-state index in [2.05, 4.69) is 124 Å². The zero-order chi connectivity index (χ0) is 56.1. The molecular formula is C70H56N6O4Zn. The first-order chi connectivity index (χ1) is 38.3. The van der Waals surface area contributed by atoms with Crippen molar-refractivity contribution in [2.24, 2.45) is 0 Å². The van der Waals surface area contributed by atoms with Gasteiger partial charge in [-0.1, -0.05) is 77.9 Å². The van der Waals surface area contributed by atoms with E-state index in [1.165, 1.54) is 9.80 Å². The summed E-state index contributed by atoms with van der Waals surface area (Å²) in [6.45, 7) is 25.0. The summed E-state index contributed by atoms with van der Waals surface area (Å²) < 4.78 is 0. The van der Waals surface area contributed by atoms with E-state index >= 15 is 9.59 Å². The molecule has 4 aliphatic heterocycles. The molecule has 0 radical (unpaired) electrons. The number of aromatic nitrogens is 4. The molecule has 13 rings (SSSR count). The molecule has 6 aromatic carbocycles. The first-order valence-electron chi connectivity index (χ1n) is 27.0. The van der Waals surface area contributed by atoms with Crippen LogP contribution in [0.2, 0.25) is 0 Å². The van der Waals surface area contributed by atoms with Gasteiger partial charge in [0, 0.05) is 33.0 Å². The van der Waals surface area contributed by atoms with Crippen LogP contribution in [0.15, 0.2) is 97.1 Å². The fourth-order valence-electron chi connectivity index (χ4n) is 12.7. The van der Waals surface area contributed by atoms with Crippen LogP contribution >= 0.6 is 0 Å². The fourth-order valence-corrected chi connectivity index (χ4v) is 12.7. The van der Waals surface area contributed by atoms with Gasteiger partial charge in [-0.15, -0.1) is 22.1 Å². The number of anilines is 2. The second kappa shape index (κ2) is 19.1. The first kappa shape index (κ1) is 52.8. The molecule has 4 amide bonds. The maximum Gasteiger partial charge on any atom is 2.00 e. The number of carbonyl (C=O) groups is 4. The van der Waals surface area contributed by atoms with Gasteiger partial charge in [-0.3, -0.25) is 19.2 Å². The Balaban J connectivity index is 0.00000651. The molecule has 0 saturated carbocycles. The van der Waals surface area contributed by atoms with Crippen LogP contribution in [0.4, 0.5) is 11.4 Å². The van der Waals surface area contributed by atoms with Crippen molar-refractivity contribution < 1.29 is 38.7 Å². The molecule has 3 aromatic heterocycles. The number of fused-ring (bicyclic) bond motifs is 8. The Bertz CT molecular complexity index is 4460. The molecule has 8 bridgehead atoms. The number of carbonyl (C=O) groups excluding carboxylic acids is 4. The monoisotopic (exact) mass is 1110 g/mol. The van der Waals surface area contributed by atoms with Gasteiger partial charge >= 0.3 is 19.5 Å². The third-order valence-electron chi connectivity index (χ3n) is 17.0. The molecule has 0 unspecified atom stereocenters.